The monoisotopic (exact) mass is 313 g/mol. The van der Waals surface area contributed by atoms with E-state index in [1.54, 1.807) is 7.11 Å². The molecule has 1 aromatic carbocycles. The Labute approximate surface area is 134 Å². The maximum Gasteiger partial charge on any atom is 0.166 e. The minimum Gasteiger partial charge on any atom is -0.493 e. The van der Waals surface area contributed by atoms with Gasteiger partial charge in [-0.15, -0.1) is 0 Å². The molecular weight excluding hydrogens is 286 g/mol. The van der Waals surface area contributed by atoms with Crippen molar-refractivity contribution in [2.45, 2.75) is 53.2 Å². The van der Waals surface area contributed by atoms with Gasteiger partial charge in [-0.25, -0.2) is 0 Å². The number of hydrogen-bond donors (Lipinski definition) is 1. The number of methoxy groups -OCH3 is 1. The van der Waals surface area contributed by atoms with E-state index >= 15 is 0 Å². The van der Waals surface area contributed by atoms with Crippen LogP contribution in [0.1, 0.15) is 46.1 Å². The van der Waals surface area contributed by atoms with Crippen LogP contribution >= 0.6 is 11.6 Å². The van der Waals surface area contributed by atoms with Gasteiger partial charge in [0.25, 0.3) is 0 Å². The highest BCUT2D eigenvalue weighted by Gasteiger charge is 2.15. The van der Waals surface area contributed by atoms with Gasteiger partial charge < -0.3 is 14.8 Å². The maximum atomic E-state index is 6.18. The van der Waals surface area contributed by atoms with Gasteiger partial charge in [-0.2, -0.15) is 0 Å². The number of hydrogen-bond acceptors (Lipinski definition) is 3. The van der Waals surface area contributed by atoms with Crippen molar-refractivity contribution in [3.63, 3.8) is 0 Å². The van der Waals surface area contributed by atoms with Crippen molar-refractivity contribution in [3.05, 3.63) is 22.7 Å². The van der Waals surface area contributed by atoms with E-state index in [0.29, 0.717) is 16.7 Å². The van der Waals surface area contributed by atoms with Crippen molar-refractivity contribution in [2.24, 2.45) is 5.92 Å². The van der Waals surface area contributed by atoms with E-state index in [4.69, 9.17) is 21.1 Å². The van der Waals surface area contributed by atoms with Crippen LogP contribution in [-0.2, 0) is 6.54 Å². The molecule has 0 bridgehead atoms. The second kappa shape index (κ2) is 9.16. The Morgan fingerprint density at radius 1 is 1.24 bits per heavy atom. The molecule has 4 heteroatoms. The Morgan fingerprint density at radius 3 is 2.52 bits per heavy atom. The highest BCUT2D eigenvalue weighted by molar-refractivity contribution is 6.30. The standard InChI is InChI=1S/C17H28ClNO2/c1-6-7-13(4)21-17-14(11-19-10-12(2)3)8-15(18)9-16(17)20-5/h8-9,12-13,19H,6-7,10-11H2,1-5H3. The van der Waals surface area contributed by atoms with E-state index < -0.39 is 0 Å². The second-order valence-electron chi connectivity index (χ2n) is 5.84. The zero-order chi connectivity index (χ0) is 15.8. The van der Waals surface area contributed by atoms with Crippen LogP contribution in [0, 0.1) is 5.92 Å². The molecule has 0 heterocycles. The van der Waals surface area contributed by atoms with E-state index in [-0.39, 0.29) is 6.10 Å². The van der Waals surface area contributed by atoms with Crippen molar-refractivity contribution < 1.29 is 9.47 Å². The maximum absolute atomic E-state index is 6.18. The van der Waals surface area contributed by atoms with Gasteiger partial charge >= 0.3 is 0 Å². The molecule has 1 unspecified atom stereocenters. The molecule has 0 radical (unpaired) electrons. The molecule has 0 saturated heterocycles. The van der Waals surface area contributed by atoms with Gasteiger partial charge in [-0.1, -0.05) is 38.8 Å². The Bertz CT molecular complexity index is 435. The smallest absolute Gasteiger partial charge is 0.166 e. The molecule has 0 saturated carbocycles. The van der Waals surface area contributed by atoms with Gasteiger partial charge in [0.05, 0.1) is 13.2 Å². The fourth-order valence-corrected chi connectivity index (χ4v) is 2.43. The summed E-state index contributed by atoms with van der Waals surface area (Å²) in [6.45, 7) is 10.3. The van der Waals surface area contributed by atoms with E-state index in [9.17, 15) is 0 Å². The van der Waals surface area contributed by atoms with Crippen molar-refractivity contribution in [3.8, 4) is 11.5 Å². The molecule has 1 atom stereocenters. The van der Waals surface area contributed by atoms with Gasteiger partial charge in [0.15, 0.2) is 11.5 Å². The van der Waals surface area contributed by atoms with Crippen molar-refractivity contribution in [1.82, 2.24) is 5.32 Å². The predicted molar refractivity (Wildman–Crippen MR) is 89.5 cm³/mol. The van der Waals surface area contributed by atoms with Crippen LogP contribution < -0.4 is 14.8 Å². The van der Waals surface area contributed by atoms with Crippen LogP contribution in [0.25, 0.3) is 0 Å². The molecule has 0 aliphatic heterocycles. The lowest BCUT2D eigenvalue weighted by molar-refractivity contribution is 0.198. The van der Waals surface area contributed by atoms with Crippen LogP contribution in [0.15, 0.2) is 12.1 Å². The summed E-state index contributed by atoms with van der Waals surface area (Å²) in [6.07, 6.45) is 2.27. The number of rotatable bonds is 9. The molecule has 0 aliphatic rings. The zero-order valence-electron chi connectivity index (χ0n) is 13.8. The van der Waals surface area contributed by atoms with Crippen LogP contribution in [0.5, 0.6) is 11.5 Å². The number of nitrogens with one attached hydrogen (secondary N) is 1. The third-order valence-electron chi connectivity index (χ3n) is 3.20. The summed E-state index contributed by atoms with van der Waals surface area (Å²) in [4.78, 5) is 0. The summed E-state index contributed by atoms with van der Waals surface area (Å²) >= 11 is 6.18. The largest absolute Gasteiger partial charge is 0.493 e. The van der Waals surface area contributed by atoms with Gasteiger partial charge in [0, 0.05) is 23.2 Å². The minimum atomic E-state index is 0.161. The molecule has 0 spiro atoms. The first-order valence-corrected chi connectivity index (χ1v) is 8.09. The van der Waals surface area contributed by atoms with Gasteiger partial charge in [0.2, 0.25) is 0 Å². The average Bonchev–Trinajstić information content (AvgIpc) is 2.41. The highest BCUT2D eigenvalue weighted by Crippen LogP contribution is 2.35. The lowest BCUT2D eigenvalue weighted by Gasteiger charge is -2.20. The quantitative estimate of drug-likeness (QED) is 0.719. The van der Waals surface area contributed by atoms with Crippen LogP contribution in [0.4, 0.5) is 0 Å². The molecule has 120 valence electrons. The Morgan fingerprint density at radius 2 is 1.95 bits per heavy atom. The van der Waals surface area contributed by atoms with E-state index in [0.717, 1.165) is 37.2 Å². The number of ether oxygens (including phenoxy) is 2. The third kappa shape index (κ3) is 6.15. The molecule has 3 nitrogen and oxygen atoms in total. The summed E-state index contributed by atoms with van der Waals surface area (Å²) in [5.74, 6) is 2.11. The molecule has 0 amide bonds. The molecule has 0 aromatic heterocycles. The molecule has 1 rings (SSSR count). The summed E-state index contributed by atoms with van der Waals surface area (Å²) in [5, 5.41) is 4.10. The molecule has 0 aliphatic carbocycles. The normalized spacial score (nSPS) is 12.5. The molecule has 0 fully saturated rings. The van der Waals surface area contributed by atoms with Crippen LogP contribution in [-0.4, -0.2) is 19.8 Å². The number of halogens is 1. The average molecular weight is 314 g/mol. The van der Waals surface area contributed by atoms with E-state index in [2.05, 4.69) is 33.0 Å². The van der Waals surface area contributed by atoms with Crippen LogP contribution in [0.3, 0.4) is 0 Å². The van der Waals surface area contributed by atoms with Crippen LogP contribution in [0.2, 0.25) is 5.02 Å². The summed E-state index contributed by atoms with van der Waals surface area (Å²) in [6, 6.07) is 3.76. The second-order valence-corrected chi connectivity index (χ2v) is 6.27. The Hall–Kier alpha value is -0.930. The Kier molecular flexibility index (Phi) is 7.91. The third-order valence-corrected chi connectivity index (χ3v) is 3.42. The van der Waals surface area contributed by atoms with Crippen molar-refractivity contribution in [2.75, 3.05) is 13.7 Å². The Balaban J connectivity index is 2.93. The first-order chi connectivity index (χ1) is 9.97. The fourth-order valence-electron chi connectivity index (χ4n) is 2.20. The molecular formula is C17H28ClNO2. The number of benzene rings is 1. The van der Waals surface area contributed by atoms with Gasteiger partial charge in [-0.3, -0.25) is 0 Å². The summed E-state index contributed by atoms with van der Waals surface area (Å²) < 4.78 is 11.5. The molecule has 1 aromatic rings. The van der Waals surface area contributed by atoms with E-state index in [1.165, 1.54) is 0 Å². The van der Waals surface area contributed by atoms with Gasteiger partial charge in [-0.05, 0) is 31.9 Å². The first kappa shape index (κ1) is 18.1. The lowest BCUT2D eigenvalue weighted by Crippen LogP contribution is -2.20. The predicted octanol–water partition coefficient (Wildman–Crippen LogP) is 4.66. The van der Waals surface area contributed by atoms with Crippen molar-refractivity contribution in [1.29, 1.82) is 0 Å². The summed E-state index contributed by atoms with van der Waals surface area (Å²) in [7, 11) is 1.65. The van der Waals surface area contributed by atoms with E-state index in [1.807, 2.05) is 12.1 Å². The summed E-state index contributed by atoms with van der Waals surface area (Å²) in [5.41, 5.74) is 1.04. The minimum absolute atomic E-state index is 0.161. The first-order valence-electron chi connectivity index (χ1n) is 7.71. The molecule has 1 N–H and O–H groups in total. The zero-order valence-corrected chi connectivity index (χ0v) is 14.6. The topological polar surface area (TPSA) is 30.5 Å². The lowest BCUT2D eigenvalue weighted by atomic mass is 10.1. The SMILES string of the molecule is CCCC(C)Oc1c(CNCC(C)C)cc(Cl)cc1OC. The fraction of sp³-hybridized carbons (Fsp3) is 0.647. The molecule has 21 heavy (non-hydrogen) atoms. The van der Waals surface area contributed by atoms with Crippen molar-refractivity contribution >= 4 is 11.6 Å². The van der Waals surface area contributed by atoms with Gasteiger partial charge in [0.1, 0.15) is 0 Å². The highest BCUT2D eigenvalue weighted by atomic mass is 35.5.